The van der Waals surface area contributed by atoms with Gasteiger partial charge in [-0.25, -0.2) is 4.39 Å². The zero-order valence-electron chi connectivity index (χ0n) is 13.0. The second-order valence-corrected chi connectivity index (χ2v) is 6.63. The van der Waals surface area contributed by atoms with Crippen molar-refractivity contribution in [1.82, 2.24) is 15.5 Å². The van der Waals surface area contributed by atoms with E-state index < -0.39 is 11.6 Å². The third-order valence-electron chi connectivity index (χ3n) is 4.26. The highest BCUT2D eigenvalue weighted by Crippen LogP contribution is 2.21. The molecule has 0 bridgehead atoms. The lowest BCUT2D eigenvalue weighted by Crippen LogP contribution is -2.50. The van der Waals surface area contributed by atoms with E-state index in [-0.39, 0.29) is 17.9 Å². The first kappa shape index (κ1) is 16.2. The van der Waals surface area contributed by atoms with Crippen molar-refractivity contribution in [2.75, 3.05) is 26.2 Å². The van der Waals surface area contributed by atoms with Gasteiger partial charge in [0.25, 0.3) is 5.91 Å². The van der Waals surface area contributed by atoms with Crippen molar-refractivity contribution in [2.24, 2.45) is 5.92 Å². The molecule has 0 aromatic rings. The van der Waals surface area contributed by atoms with Crippen molar-refractivity contribution < 1.29 is 14.0 Å². The summed E-state index contributed by atoms with van der Waals surface area (Å²) in [5, 5.41) is 6.12. The lowest BCUT2D eigenvalue weighted by atomic mass is 9.96. The van der Waals surface area contributed by atoms with Gasteiger partial charge < -0.3 is 15.5 Å². The second kappa shape index (κ2) is 6.73. The van der Waals surface area contributed by atoms with E-state index in [1.807, 2.05) is 0 Å². The SMILES string of the molecule is CC(C)(F)C(=O)N1CCC[C@@H](CNC(=O)[C@H]2CCCN2)C1. The van der Waals surface area contributed by atoms with E-state index in [1.54, 1.807) is 4.90 Å². The van der Waals surface area contributed by atoms with Crippen LogP contribution < -0.4 is 10.6 Å². The number of rotatable bonds is 4. The minimum atomic E-state index is -1.82. The summed E-state index contributed by atoms with van der Waals surface area (Å²) in [6.45, 7) is 5.20. The van der Waals surface area contributed by atoms with Crippen molar-refractivity contribution >= 4 is 11.8 Å². The number of carbonyl (C=O) groups is 2. The van der Waals surface area contributed by atoms with Crippen LogP contribution in [0.1, 0.15) is 39.5 Å². The molecule has 0 aliphatic carbocycles. The predicted octanol–water partition coefficient (Wildman–Crippen LogP) is 0.841. The summed E-state index contributed by atoms with van der Waals surface area (Å²) in [6, 6.07) is -0.0731. The van der Waals surface area contributed by atoms with Crippen LogP contribution in [0.3, 0.4) is 0 Å². The molecule has 2 fully saturated rings. The van der Waals surface area contributed by atoms with Gasteiger partial charge >= 0.3 is 0 Å². The number of likely N-dealkylation sites (tertiary alicyclic amines) is 1. The number of carbonyl (C=O) groups excluding carboxylic acids is 2. The molecule has 2 aliphatic rings. The topological polar surface area (TPSA) is 61.4 Å². The van der Waals surface area contributed by atoms with Crippen molar-refractivity contribution in [3.63, 3.8) is 0 Å². The predicted molar refractivity (Wildman–Crippen MR) is 78.5 cm³/mol. The highest BCUT2D eigenvalue weighted by atomic mass is 19.1. The summed E-state index contributed by atoms with van der Waals surface area (Å²) in [6.07, 6.45) is 3.76. The average molecular weight is 299 g/mol. The normalized spacial score (nSPS) is 26.7. The quantitative estimate of drug-likeness (QED) is 0.809. The molecule has 6 heteroatoms. The maximum atomic E-state index is 13.7. The molecule has 5 nitrogen and oxygen atoms in total. The molecule has 2 rings (SSSR count). The lowest BCUT2D eigenvalue weighted by molar-refractivity contribution is -0.143. The molecule has 2 atom stereocenters. The molecular formula is C15H26FN3O2. The molecule has 0 unspecified atom stereocenters. The zero-order valence-corrected chi connectivity index (χ0v) is 13.0. The Kier molecular flexibility index (Phi) is 5.19. The van der Waals surface area contributed by atoms with Gasteiger partial charge in [0.2, 0.25) is 5.91 Å². The molecule has 0 radical (unpaired) electrons. The van der Waals surface area contributed by atoms with Crippen LogP contribution in [-0.2, 0) is 9.59 Å². The highest BCUT2D eigenvalue weighted by Gasteiger charge is 2.34. The van der Waals surface area contributed by atoms with E-state index in [4.69, 9.17) is 0 Å². The van der Waals surface area contributed by atoms with Crippen molar-refractivity contribution in [2.45, 2.75) is 51.2 Å². The fourth-order valence-electron chi connectivity index (χ4n) is 3.07. The van der Waals surface area contributed by atoms with Gasteiger partial charge in [-0.1, -0.05) is 0 Å². The summed E-state index contributed by atoms with van der Waals surface area (Å²) in [5.41, 5.74) is -1.82. The van der Waals surface area contributed by atoms with Gasteiger partial charge in [0.15, 0.2) is 5.67 Å². The van der Waals surface area contributed by atoms with Crippen molar-refractivity contribution in [3.8, 4) is 0 Å². The minimum Gasteiger partial charge on any atom is -0.354 e. The smallest absolute Gasteiger partial charge is 0.259 e. The third kappa shape index (κ3) is 4.40. The first-order valence-electron chi connectivity index (χ1n) is 7.87. The van der Waals surface area contributed by atoms with Crippen LogP contribution in [0.4, 0.5) is 4.39 Å². The van der Waals surface area contributed by atoms with Gasteiger partial charge in [-0.3, -0.25) is 9.59 Å². The van der Waals surface area contributed by atoms with Gasteiger partial charge in [0, 0.05) is 19.6 Å². The van der Waals surface area contributed by atoms with Gasteiger partial charge in [-0.15, -0.1) is 0 Å². The lowest BCUT2D eigenvalue weighted by Gasteiger charge is -2.35. The summed E-state index contributed by atoms with van der Waals surface area (Å²) in [5.74, 6) is -0.187. The van der Waals surface area contributed by atoms with Crippen LogP contribution in [0.2, 0.25) is 0 Å². The minimum absolute atomic E-state index is 0.0433. The summed E-state index contributed by atoms with van der Waals surface area (Å²) >= 11 is 0. The molecule has 2 amide bonds. The van der Waals surface area contributed by atoms with Crippen LogP contribution in [0.5, 0.6) is 0 Å². The molecule has 0 saturated carbocycles. The number of amides is 2. The van der Waals surface area contributed by atoms with Crippen LogP contribution in [-0.4, -0.2) is 54.6 Å². The van der Waals surface area contributed by atoms with Gasteiger partial charge in [-0.2, -0.15) is 0 Å². The van der Waals surface area contributed by atoms with E-state index >= 15 is 0 Å². The molecule has 120 valence electrons. The van der Waals surface area contributed by atoms with Gasteiger partial charge in [0.05, 0.1) is 6.04 Å². The highest BCUT2D eigenvalue weighted by molar-refractivity contribution is 5.84. The van der Waals surface area contributed by atoms with Crippen LogP contribution in [0, 0.1) is 5.92 Å². The van der Waals surface area contributed by atoms with Crippen LogP contribution in [0.25, 0.3) is 0 Å². The molecule has 2 aliphatic heterocycles. The Morgan fingerprint density at radius 1 is 1.33 bits per heavy atom. The molecular weight excluding hydrogens is 273 g/mol. The summed E-state index contributed by atoms with van der Waals surface area (Å²) in [7, 11) is 0. The number of alkyl halides is 1. The number of halogens is 1. The Hall–Kier alpha value is -1.17. The molecule has 0 aromatic carbocycles. The Morgan fingerprint density at radius 3 is 2.71 bits per heavy atom. The third-order valence-corrected chi connectivity index (χ3v) is 4.26. The zero-order chi connectivity index (χ0) is 15.5. The number of hydrogen-bond donors (Lipinski definition) is 2. The molecule has 2 saturated heterocycles. The van der Waals surface area contributed by atoms with Crippen LogP contribution >= 0.6 is 0 Å². The van der Waals surface area contributed by atoms with E-state index in [0.29, 0.717) is 19.6 Å². The fraction of sp³-hybridized carbons (Fsp3) is 0.867. The van der Waals surface area contributed by atoms with Gasteiger partial charge in [0.1, 0.15) is 0 Å². The number of nitrogens with zero attached hydrogens (tertiary/aromatic N) is 1. The largest absolute Gasteiger partial charge is 0.354 e. The molecule has 0 aromatic heterocycles. The Morgan fingerprint density at radius 2 is 2.10 bits per heavy atom. The van der Waals surface area contributed by atoms with E-state index in [0.717, 1.165) is 32.2 Å². The maximum absolute atomic E-state index is 13.7. The molecule has 2 heterocycles. The molecule has 21 heavy (non-hydrogen) atoms. The van der Waals surface area contributed by atoms with E-state index in [2.05, 4.69) is 10.6 Å². The molecule has 2 N–H and O–H groups in total. The Balaban J connectivity index is 1.78. The number of piperidine rings is 1. The number of nitrogens with one attached hydrogen (secondary N) is 2. The summed E-state index contributed by atoms with van der Waals surface area (Å²) < 4.78 is 13.7. The number of hydrogen-bond acceptors (Lipinski definition) is 3. The summed E-state index contributed by atoms with van der Waals surface area (Å²) in [4.78, 5) is 25.5. The van der Waals surface area contributed by atoms with E-state index in [9.17, 15) is 14.0 Å². The fourth-order valence-corrected chi connectivity index (χ4v) is 3.07. The molecule has 0 spiro atoms. The van der Waals surface area contributed by atoms with Crippen molar-refractivity contribution in [1.29, 1.82) is 0 Å². The van der Waals surface area contributed by atoms with E-state index in [1.165, 1.54) is 13.8 Å². The monoisotopic (exact) mass is 299 g/mol. The Labute approximate surface area is 125 Å². The first-order valence-corrected chi connectivity index (χ1v) is 7.87. The Bertz CT molecular complexity index is 389. The standard InChI is InChI=1S/C15H26FN3O2/c1-15(2,16)14(21)19-8-4-5-11(10-19)9-18-13(20)12-6-3-7-17-12/h11-12,17H,3-10H2,1-2H3,(H,18,20)/t11-,12+/m0/s1. The van der Waals surface area contributed by atoms with Crippen LogP contribution in [0.15, 0.2) is 0 Å². The first-order chi connectivity index (χ1) is 9.88. The second-order valence-electron chi connectivity index (χ2n) is 6.63. The maximum Gasteiger partial charge on any atom is 0.259 e. The van der Waals surface area contributed by atoms with Crippen molar-refractivity contribution in [3.05, 3.63) is 0 Å². The van der Waals surface area contributed by atoms with Gasteiger partial charge in [-0.05, 0) is 52.0 Å². The average Bonchev–Trinajstić information content (AvgIpc) is 2.97.